The molecular formula is C26H21N5O8. The minimum Gasteiger partial charge on any atom is -0.497 e. The van der Waals surface area contributed by atoms with E-state index in [2.05, 4.69) is 11.4 Å². The van der Waals surface area contributed by atoms with Crippen LogP contribution in [-0.2, 0) is 9.53 Å². The van der Waals surface area contributed by atoms with Crippen molar-refractivity contribution in [2.75, 3.05) is 31.9 Å². The van der Waals surface area contributed by atoms with Gasteiger partial charge in [0.05, 0.1) is 14.2 Å². The Hall–Kier alpha value is -5.77. The van der Waals surface area contributed by atoms with Crippen molar-refractivity contribution in [1.82, 2.24) is 9.97 Å². The van der Waals surface area contributed by atoms with Crippen LogP contribution in [0.4, 0.5) is 11.6 Å². The van der Waals surface area contributed by atoms with Crippen LogP contribution in [0.2, 0.25) is 0 Å². The molecule has 0 unspecified atom stereocenters. The number of aromatic amines is 2. The van der Waals surface area contributed by atoms with E-state index in [0.29, 0.717) is 33.9 Å². The van der Waals surface area contributed by atoms with Crippen LogP contribution < -0.4 is 31.8 Å². The van der Waals surface area contributed by atoms with Gasteiger partial charge in [0, 0.05) is 11.1 Å². The van der Waals surface area contributed by atoms with Crippen LogP contribution in [0.15, 0.2) is 62.5 Å². The van der Waals surface area contributed by atoms with E-state index in [1.54, 1.807) is 48.5 Å². The first-order valence-corrected chi connectivity index (χ1v) is 11.2. The van der Waals surface area contributed by atoms with Crippen LogP contribution in [0.3, 0.4) is 0 Å². The Morgan fingerprint density at radius 1 is 0.974 bits per heavy atom. The summed E-state index contributed by atoms with van der Waals surface area (Å²) >= 11 is 0. The number of nitriles is 1. The number of carbonyl (C=O) groups excluding carboxylic acids is 2. The molecule has 4 rings (SSSR count). The van der Waals surface area contributed by atoms with Crippen LogP contribution in [0, 0.1) is 11.3 Å². The summed E-state index contributed by atoms with van der Waals surface area (Å²) in [6.45, 7) is -0.839. The van der Waals surface area contributed by atoms with E-state index in [0.717, 1.165) is 0 Å². The second-order valence-electron chi connectivity index (χ2n) is 7.90. The van der Waals surface area contributed by atoms with Gasteiger partial charge in [0.25, 0.3) is 11.5 Å². The van der Waals surface area contributed by atoms with E-state index in [4.69, 9.17) is 24.4 Å². The Bertz CT molecular complexity index is 1690. The van der Waals surface area contributed by atoms with E-state index in [1.807, 2.05) is 9.97 Å². The molecule has 0 spiro atoms. The van der Waals surface area contributed by atoms with E-state index < -0.39 is 41.1 Å². The van der Waals surface area contributed by atoms with Crippen molar-refractivity contribution in [2.45, 2.75) is 0 Å². The van der Waals surface area contributed by atoms with Crippen molar-refractivity contribution in [3.05, 3.63) is 80.6 Å². The van der Waals surface area contributed by atoms with Gasteiger partial charge in [0.1, 0.15) is 34.6 Å². The normalized spacial score (nSPS) is 10.4. The summed E-state index contributed by atoms with van der Waals surface area (Å²) in [4.78, 5) is 51.9. The third-order valence-corrected chi connectivity index (χ3v) is 5.52. The van der Waals surface area contributed by atoms with Gasteiger partial charge in [-0.15, -0.1) is 0 Å². The van der Waals surface area contributed by atoms with Gasteiger partial charge in [-0.3, -0.25) is 24.9 Å². The fourth-order valence-electron chi connectivity index (χ4n) is 3.63. The van der Waals surface area contributed by atoms with Crippen LogP contribution in [0.5, 0.6) is 11.5 Å². The lowest BCUT2D eigenvalue weighted by Gasteiger charge is -2.06. The molecule has 2 aromatic heterocycles. The number of anilines is 2. The van der Waals surface area contributed by atoms with Gasteiger partial charge >= 0.3 is 11.7 Å². The number of nitrogens with one attached hydrogen (secondary N) is 3. The minimum absolute atomic E-state index is 0.0221. The highest BCUT2D eigenvalue weighted by Crippen LogP contribution is 2.42. The maximum absolute atomic E-state index is 12.6. The molecule has 0 saturated carbocycles. The molecule has 1 amide bonds. The molecule has 0 aliphatic carbocycles. The average molecular weight is 531 g/mol. The second-order valence-corrected chi connectivity index (χ2v) is 7.90. The molecule has 0 aliphatic rings. The summed E-state index contributed by atoms with van der Waals surface area (Å²) in [5.74, 6) is -0.746. The highest BCUT2D eigenvalue weighted by molar-refractivity contribution is 5.98. The number of amides is 1. The number of carbonyl (C=O) groups is 2. The maximum atomic E-state index is 12.6. The van der Waals surface area contributed by atoms with Crippen molar-refractivity contribution < 1.29 is 28.2 Å². The zero-order valence-corrected chi connectivity index (χ0v) is 20.6. The number of methoxy groups -OCH3 is 2. The zero-order valence-electron chi connectivity index (χ0n) is 20.6. The van der Waals surface area contributed by atoms with E-state index in [1.165, 1.54) is 14.2 Å². The fraction of sp³-hybridized carbons (Fsp3) is 0.115. The van der Waals surface area contributed by atoms with Gasteiger partial charge in [-0.1, -0.05) is 12.1 Å². The molecule has 13 heteroatoms. The summed E-state index contributed by atoms with van der Waals surface area (Å²) in [6.07, 6.45) is 0. The lowest BCUT2D eigenvalue weighted by Crippen LogP contribution is -2.30. The minimum atomic E-state index is -1.20. The lowest BCUT2D eigenvalue weighted by molar-refractivity contribution is -0.119. The molecule has 2 heterocycles. The smallest absolute Gasteiger partial charge is 0.357 e. The van der Waals surface area contributed by atoms with Gasteiger partial charge < -0.3 is 24.4 Å². The highest BCUT2D eigenvalue weighted by Gasteiger charge is 2.25. The van der Waals surface area contributed by atoms with Crippen molar-refractivity contribution in [3.63, 3.8) is 0 Å². The molecular weight excluding hydrogens is 510 g/mol. The van der Waals surface area contributed by atoms with Gasteiger partial charge in [-0.05, 0) is 42.0 Å². The molecule has 0 atom stereocenters. The van der Waals surface area contributed by atoms with Gasteiger partial charge in [-0.2, -0.15) is 5.26 Å². The number of ether oxygens (including phenoxy) is 3. The van der Waals surface area contributed by atoms with Crippen LogP contribution in [0.25, 0.3) is 22.5 Å². The molecule has 198 valence electrons. The van der Waals surface area contributed by atoms with E-state index in [9.17, 15) is 24.4 Å². The topological polar surface area (TPSA) is 203 Å². The Balaban J connectivity index is 1.65. The standard InChI is InChI=1S/C26H21N5O8/c1-36-15-7-3-13(4-8-15)19-17(11-27)24(39-22(19)14-5-9-16(37-2)10-6-14)29-18(32)12-38-25(34)21-20(28)23(33)31-26(35)30-21/h3-10H,12,28H2,1-2H3,(H,29,32)(H2,30,31,33,35). The number of H-pyrrole nitrogens is 2. The number of rotatable bonds is 8. The van der Waals surface area contributed by atoms with Crippen molar-refractivity contribution in [2.24, 2.45) is 0 Å². The second kappa shape index (κ2) is 11.1. The molecule has 0 fully saturated rings. The number of hydrogen-bond acceptors (Lipinski definition) is 10. The van der Waals surface area contributed by atoms with Crippen molar-refractivity contribution >= 4 is 23.4 Å². The SMILES string of the molecule is COc1ccc(-c2oc(NC(=O)COC(=O)c3[nH]c(=O)[nH]c(=O)c3N)c(C#N)c2-c2ccc(OC)cc2)cc1. The molecule has 0 radical (unpaired) electrons. The molecule has 2 aromatic carbocycles. The summed E-state index contributed by atoms with van der Waals surface area (Å²) in [5.41, 5.74) is 4.01. The molecule has 4 aromatic rings. The number of esters is 1. The number of nitrogens with zero attached hydrogens (tertiary/aromatic N) is 1. The first kappa shape index (κ1) is 26.3. The number of nitrogens with two attached hydrogens (primary N) is 1. The van der Waals surface area contributed by atoms with Gasteiger partial charge in [0.2, 0.25) is 5.88 Å². The summed E-state index contributed by atoms with van der Waals surface area (Å²) in [7, 11) is 3.05. The van der Waals surface area contributed by atoms with Crippen molar-refractivity contribution in [1.29, 1.82) is 5.26 Å². The predicted molar refractivity (Wildman–Crippen MR) is 138 cm³/mol. The number of hydrogen-bond donors (Lipinski definition) is 4. The number of aromatic nitrogens is 2. The van der Waals surface area contributed by atoms with E-state index >= 15 is 0 Å². The van der Waals surface area contributed by atoms with Crippen LogP contribution in [-0.4, -0.2) is 42.7 Å². The molecule has 5 N–H and O–H groups in total. The van der Waals surface area contributed by atoms with Gasteiger partial charge in [0.15, 0.2) is 12.3 Å². The zero-order chi connectivity index (χ0) is 28.1. The molecule has 13 nitrogen and oxygen atoms in total. The molecule has 0 aliphatic heterocycles. The quantitative estimate of drug-likeness (QED) is 0.244. The Morgan fingerprint density at radius 3 is 2.13 bits per heavy atom. The first-order valence-electron chi connectivity index (χ1n) is 11.2. The fourth-order valence-corrected chi connectivity index (χ4v) is 3.63. The third-order valence-electron chi connectivity index (χ3n) is 5.52. The molecule has 39 heavy (non-hydrogen) atoms. The lowest BCUT2D eigenvalue weighted by atomic mass is 9.98. The van der Waals surface area contributed by atoms with Gasteiger partial charge in [-0.25, -0.2) is 9.59 Å². The Labute approximate surface area is 219 Å². The number of benzene rings is 2. The average Bonchev–Trinajstić information content (AvgIpc) is 3.31. The van der Waals surface area contributed by atoms with E-state index in [-0.39, 0.29) is 11.4 Å². The molecule has 0 bridgehead atoms. The first-order chi connectivity index (χ1) is 18.7. The van der Waals surface area contributed by atoms with Crippen LogP contribution in [0.1, 0.15) is 16.1 Å². The van der Waals surface area contributed by atoms with Crippen LogP contribution >= 0.6 is 0 Å². The third kappa shape index (κ3) is 5.49. The molecule has 0 saturated heterocycles. The predicted octanol–water partition coefficient (Wildman–Crippen LogP) is 2.26. The summed E-state index contributed by atoms with van der Waals surface area (Å²) in [5, 5.41) is 12.4. The highest BCUT2D eigenvalue weighted by atomic mass is 16.5. The Morgan fingerprint density at radius 2 is 1.56 bits per heavy atom. The monoisotopic (exact) mass is 531 g/mol. The summed E-state index contributed by atoms with van der Waals surface area (Å²) in [6, 6.07) is 15.8. The van der Waals surface area contributed by atoms with Crippen molar-refractivity contribution in [3.8, 4) is 40.0 Å². The number of furan rings is 1. The number of nitrogen functional groups attached to an aromatic ring is 1. The Kier molecular flexibility index (Phi) is 7.48. The largest absolute Gasteiger partial charge is 0.497 e. The summed E-state index contributed by atoms with van der Waals surface area (Å²) < 4.78 is 21.2. The maximum Gasteiger partial charge on any atom is 0.357 e.